The number of aryl methyl sites for hydroxylation is 1. The minimum Gasteiger partial charge on any atom is -0.493 e. The Morgan fingerprint density at radius 3 is 2.03 bits per heavy atom. The summed E-state index contributed by atoms with van der Waals surface area (Å²) >= 11 is 0. The van der Waals surface area contributed by atoms with Crippen LogP contribution in [0, 0.1) is 6.92 Å². The van der Waals surface area contributed by atoms with E-state index in [1.54, 1.807) is 60.7 Å². The van der Waals surface area contributed by atoms with Crippen molar-refractivity contribution < 1.29 is 27.4 Å². The molecule has 4 aromatic rings. The molecule has 0 fully saturated rings. The maximum atomic E-state index is 12.9. The lowest BCUT2D eigenvalue weighted by molar-refractivity contribution is -0.129. The average molecular weight is 527 g/mol. The van der Waals surface area contributed by atoms with Crippen LogP contribution in [0.1, 0.15) is 11.1 Å². The van der Waals surface area contributed by atoms with Crippen molar-refractivity contribution in [3.8, 4) is 23.0 Å². The Kier molecular flexibility index (Phi) is 8.40. The van der Waals surface area contributed by atoms with Gasteiger partial charge in [-0.05, 0) is 61.0 Å². The minimum atomic E-state index is -3.64. The van der Waals surface area contributed by atoms with Crippen LogP contribution in [0.3, 0.4) is 0 Å². The van der Waals surface area contributed by atoms with Crippen molar-refractivity contribution in [2.75, 3.05) is 7.11 Å². The van der Waals surface area contributed by atoms with Crippen molar-refractivity contribution in [1.82, 2.24) is 0 Å². The zero-order chi connectivity index (χ0) is 27.0. The van der Waals surface area contributed by atoms with Crippen LogP contribution >= 0.6 is 0 Å². The van der Waals surface area contributed by atoms with Gasteiger partial charge in [0, 0.05) is 12.1 Å². The largest absolute Gasteiger partial charge is 0.493 e. The Morgan fingerprint density at radius 2 is 1.37 bits per heavy atom. The molecule has 0 amide bonds. The third-order valence-electron chi connectivity index (χ3n) is 5.48. The van der Waals surface area contributed by atoms with E-state index in [4.69, 9.17) is 14.2 Å². The third-order valence-corrected chi connectivity index (χ3v) is 7.26. The molecule has 4 rings (SSSR count). The lowest BCUT2D eigenvalue weighted by Gasteiger charge is -2.12. The predicted octanol–water partition coefficient (Wildman–Crippen LogP) is 6.80. The number of hydrogen-bond donors (Lipinski definition) is 0. The van der Waals surface area contributed by atoms with E-state index in [-0.39, 0.29) is 15.5 Å². The van der Waals surface area contributed by atoms with E-state index < -0.39 is 15.8 Å². The van der Waals surface area contributed by atoms with Crippen LogP contribution in [0.4, 0.5) is 0 Å². The SMILES string of the molecule is COc1ccc(Oc2ccc(S(=O)(=O)c3ccc(C)cc3)cc2)cc1OC(=O)/C=C/C=C/c1ccccc1. The second kappa shape index (κ2) is 12.1. The molecule has 0 atom stereocenters. The molecular formula is C31H26O6S. The van der Waals surface area contributed by atoms with E-state index in [0.717, 1.165) is 11.1 Å². The summed E-state index contributed by atoms with van der Waals surface area (Å²) in [6.07, 6.45) is 6.51. The zero-order valence-electron chi connectivity index (χ0n) is 20.9. The van der Waals surface area contributed by atoms with Crippen LogP contribution in [0.15, 0.2) is 125 Å². The van der Waals surface area contributed by atoms with Gasteiger partial charge in [0.05, 0.1) is 16.9 Å². The molecule has 0 spiro atoms. The van der Waals surface area contributed by atoms with Gasteiger partial charge in [-0.1, -0.05) is 66.3 Å². The number of rotatable bonds is 9. The molecule has 0 aliphatic heterocycles. The fraction of sp³-hybridized carbons (Fsp3) is 0.0645. The highest BCUT2D eigenvalue weighted by atomic mass is 32.2. The molecular weight excluding hydrogens is 500 g/mol. The quantitative estimate of drug-likeness (QED) is 0.103. The Balaban J connectivity index is 1.44. The van der Waals surface area contributed by atoms with E-state index in [9.17, 15) is 13.2 Å². The van der Waals surface area contributed by atoms with Gasteiger partial charge in [-0.3, -0.25) is 0 Å². The van der Waals surface area contributed by atoms with Crippen molar-refractivity contribution in [3.05, 3.63) is 126 Å². The van der Waals surface area contributed by atoms with Gasteiger partial charge in [-0.15, -0.1) is 0 Å². The molecule has 0 aliphatic rings. The van der Waals surface area contributed by atoms with Gasteiger partial charge in [-0.25, -0.2) is 13.2 Å². The van der Waals surface area contributed by atoms with E-state index in [0.29, 0.717) is 17.2 Å². The van der Waals surface area contributed by atoms with Gasteiger partial charge in [0.25, 0.3) is 0 Å². The molecule has 0 saturated carbocycles. The molecule has 7 heteroatoms. The molecule has 4 aromatic carbocycles. The summed E-state index contributed by atoms with van der Waals surface area (Å²) < 4.78 is 42.4. The lowest BCUT2D eigenvalue weighted by Crippen LogP contribution is -2.05. The van der Waals surface area contributed by atoms with Crippen LogP contribution < -0.4 is 14.2 Å². The van der Waals surface area contributed by atoms with Crippen LogP contribution in [0.2, 0.25) is 0 Å². The van der Waals surface area contributed by atoms with Gasteiger partial charge in [0.2, 0.25) is 9.84 Å². The fourth-order valence-corrected chi connectivity index (χ4v) is 4.74. The Morgan fingerprint density at radius 1 is 0.737 bits per heavy atom. The zero-order valence-corrected chi connectivity index (χ0v) is 21.7. The fourth-order valence-electron chi connectivity index (χ4n) is 3.48. The molecule has 0 saturated heterocycles. The normalized spacial score (nSPS) is 11.5. The van der Waals surface area contributed by atoms with Crippen molar-refractivity contribution in [2.45, 2.75) is 16.7 Å². The predicted molar refractivity (Wildman–Crippen MR) is 146 cm³/mol. The van der Waals surface area contributed by atoms with Crippen molar-refractivity contribution in [2.24, 2.45) is 0 Å². The first-order valence-electron chi connectivity index (χ1n) is 11.7. The smallest absolute Gasteiger partial charge is 0.336 e. The van der Waals surface area contributed by atoms with Crippen LogP contribution in [0.5, 0.6) is 23.0 Å². The molecule has 0 aliphatic carbocycles. The number of carbonyl (C=O) groups is 1. The molecule has 0 heterocycles. The maximum Gasteiger partial charge on any atom is 0.336 e. The Labute approximate surface area is 222 Å². The summed E-state index contributed by atoms with van der Waals surface area (Å²) in [6, 6.07) is 27.3. The first kappa shape index (κ1) is 26.4. The highest BCUT2D eigenvalue weighted by Crippen LogP contribution is 2.34. The highest BCUT2D eigenvalue weighted by molar-refractivity contribution is 7.91. The number of benzene rings is 4. The number of allylic oxidation sites excluding steroid dienone is 2. The second-order valence-electron chi connectivity index (χ2n) is 8.25. The van der Waals surface area contributed by atoms with E-state index >= 15 is 0 Å². The molecule has 0 radical (unpaired) electrons. The average Bonchev–Trinajstić information content (AvgIpc) is 2.92. The van der Waals surface area contributed by atoms with Gasteiger partial charge in [0.1, 0.15) is 11.5 Å². The van der Waals surface area contributed by atoms with Gasteiger partial charge in [-0.2, -0.15) is 0 Å². The molecule has 0 unspecified atom stereocenters. The summed E-state index contributed by atoms with van der Waals surface area (Å²) in [5.41, 5.74) is 1.99. The molecule has 0 bridgehead atoms. The van der Waals surface area contributed by atoms with Gasteiger partial charge >= 0.3 is 5.97 Å². The topological polar surface area (TPSA) is 78.9 Å². The third kappa shape index (κ3) is 6.78. The first-order valence-corrected chi connectivity index (χ1v) is 13.2. The van der Waals surface area contributed by atoms with E-state index in [1.807, 2.05) is 43.3 Å². The highest BCUT2D eigenvalue weighted by Gasteiger charge is 2.17. The molecule has 38 heavy (non-hydrogen) atoms. The number of hydrogen-bond acceptors (Lipinski definition) is 6. The second-order valence-corrected chi connectivity index (χ2v) is 10.2. The van der Waals surface area contributed by atoms with Crippen molar-refractivity contribution >= 4 is 21.9 Å². The molecule has 0 N–H and O–H groups in total. The number of methoxy groups -OCH3 is 1. The molecule has 6 nitrogen and oxygen atoms in total. The summed E-state index contributed by atoms with van der Waals surface area (Å²) in [4.78, 5) is 12.7. The minimum absolute atomic E-state index is 0.158. The Bertz CT molecular complexity index is 1550. The monoisotopic (exact) mass is 526 g/mol. The summed E-state index contributed by atoms with van der Waals surface area (Å²) in [5.74, 6) is 0.768. The van der Waals surface area contributed by atoms with Crippen molar-refractivity contribution in [1.29, 1.82) is 0 Å². The van der Waals surface area contributed by atoms with E-state index in [1.165, 1.54) is 31.4 Å². The van der Waals surface area contributed by atoms with Gasteiger partial charge < -0.3 is 14.2 Å². The standard InChI is InChI=1S/C31H26O6S/c1-23-12-17-27(18-13-23)38(33,34)28-19-14-25(15-20-28)36-26-16-21-29(35-2)30(22-26)37-31(32)11-7-6-10-24-8-4-3-5-9-24/h3-22H,1-2H3/b10-6+,11-7+. The number of carbonyl (C=O) groups excluding carboxylic acids is 1. The van der Waals surface area contributed by atoms with E-state index in [2.05, 4.69) is 0 Å². The van der Waals surface area contributed by atoms with Gasteiger partial charge in [0.15, 0.2) is 11.5 Å². The summed E-state index contributed by atoms with van der Waals surface area (Å²) in [6.45, 7) is 1.90. The number of sulfone groups is 1. The van der Waals surface area contributed by atoms with Crippen molar-refractivity contribution in [3.63, 3.8) is 0 Å². The first-order chi connectivity index (χ1) is 18.3. The number of ether oxygens (including phenoxy) is 3. The van der Waals surface area contributed by atoms with Crippen LogP contribution in [0.25, 0.3) is 6.08 Å². The Hall–Kier alpha value is -4.62. The van der Waals surface area contributed by atoms with Crippen LogP contribution in [-0.2, 0) is 14.6 Å². The number of esters is 1. The molecule has 192 valence electrons. The maximum absolute atomic E-state index is 12.9. The van der Waals surface area contributed by atoms with Crippen LogP contribution in [-0.4, -0.2) is 21.5 Å². The summed E-state index contributed by atoms with van der Waals surface area (Å²) in [7, 11) is -2.17. The summed E-state index contributed by atoms with van der Waals surface area (Å²) in [5, 5.41) is 0. The lowest BCUT2D eigenvalue weighted by atomic mass is 10.2. The molecule has 0 aromatic heterocycles.